The van der Waals surface area contributed by atoms with Crippen LogP contribution < -0.4 is 15.8 Å². The number of nitrogen functional groups attached to an aromatic ring is 1. The molecule has 2 aromatic rings. The van der Waals surface area contributed by atoms with E-state index in [-0.39, 0.29) is 22.1 Å². The first-order chi connectivity index (χ1) is 9.86. The van der Waals surface area contributed by atoms with Crippen LogP contribution >= 0.6 is 11.6 Å². The molecular weight excluding hydrogens is 312 g/mol. The molecule has 8 heteroatoms. The van der Waals surface area contributed by atoms with Crippen LogP contribution in [0.3, 0.4) is 0 Å². The summed E-state index contributed by atoms with van der Waals surface area (Å²) in [5.41, 5.74) is 5.71. The van der Waals surface area contributed by atoms with Crippen LogP contribution in [0.1, 0.15) is 0 Å². The summed E-state index contributed by atoms with van der Waals surface area (Å²) in [6.45, 7) is -3.19. The molecule has 0 amide bonds. The maximum Gasteiger partial charge on any atom is 0.387 e. The molecular formula is C13H9ClF4N2O. The summed E-state index contributed by atoms with van der Waals surface area (Å²) in [5.74, 6) is -2.29. The second kappa shape index (κ2) is 6.09. The van der Waals surface area contributed by atoms with E-state index >= 15 is 0 Å². The predicted octanol–water partition coefficient (Wildman–Crippen LogP) is 4.55. The van der Waals surface area contributed by atoms with Gasteiger partial charge in [0.05, 0.1) is 22.1 Å². The quantitative estimate of drug-likeness (QED) is 0.642. The van der Waals surface area contributed by atoms with E-state index in [9.17, 15) is 17.6 Å². The fourth-order valence-electron chi connectivity index (χ4n) is 1.60. The van der Waals surface area contributed by atoms with Crippen LogP contribution in [-0.2, 0) is 0 Å². The molecule has 0 atom stereocenters. The molecule has 0 aliphatic rings. The van der Waals surface area contributed by atoms with E-state index in [2.05, 4.69) is 10.1 Å². The molecule has 0 aliphatic heterocycles. The fourth-order valence-corrected chi connectivity index (χ4v) is 1.77. The Bertz CT molecular complexity index is 667. The average molecular weight is 321 g/mol. The zero-order valence-electron chi connectivity index (χ0n) is 10.3. The largest absolute Gasteiger partial charge is 0.432 e. The highest BCUT2D eigenvalue weighted by atomic mass is 35.5. The highest BCUT2D eigenvalue weighted by Gasteiger charge is 2.14. The Labute approximate surface area is 122 Å². The Morgan fingerprint density at radius 1 is 1.10 bits per heavy atom. The summed E-state index contributed by atoms with van der Waals surface area (Å²) in [5, 5.41) is 2.81. The van der Waals surface area contributed by atoms with Crippen molar-refractivity contribution in [3.63, 3.8) is 0 Å². The minimum atomic E-state index is -3.19. The van der Waals surface area contributed by atoms with Crippen LogP contribution in [-0.4, -0.2) is 6.61 Å². The minimum Gasteiger partial charge on any atom is -0.432 e. The molecule has 0 saturated carbocycles. The molecule has 3 N–H and O–H groups in total. The third-order valence-corrected chi connectivity index (χ3v) is 2.85. The van der Waals surface area contributed by atoms with E-state index in [4.69, 9.17) is 17.3 Å². The maximum atomic E-state index is 13.4. The van der Waals surface area contributed by atoms with E-state index in [1.807, 2.05) is 0 Å². The number of nitrogens with two attached hydrogens (primary N) is 1. The molecule has 2 rings (SSSR count). The summed E-state index contributed by atoms with van der Waals surface area (Å²) < 4.78 is 54.9. The first-order valence-corrected chi connectivity index (χ1v) is 6.00. The van der Waals surface area contributed by atoms with Crippen molar-refractivity contribution >= 4 is 28.7 Å². The van der Waals surface area contributed by atoms with Crippen molar-refractivity contribution in [3.8, 4) is 5.75 Å². The smallest absolute Gasteiger partial charge is 0.387 e. The van der Waals surface area contributed by atoms with Crippen molar-refractivity contribution in [1.82, 2.24) is 0 Å². The predicted molar refractivity (Wildman–Crippen MR) is 72.1 cm³/mol. The summed E-state index contributed by atoms with van der Waals surface area (Å²) >= 11 is 5.86. The van der Waals surface area contributed by atoms with Crippen LogP contribution in [0.4, 0.5) is 34.6 Å². The van der Waals surface area contributed by atoms with Crippen molar-refractivity contribution in [2.75, 3.05) is 11.1 Å². The number of anilines is 3. The second-order valence-electron chi connectivity index (χ2n) is 4.00. The Morgan fingerprint density at radius 3 is 2.48 bits per heavy atom. The number of benzene rings is 2. The van der Waals surface area contributed by atoms with Gasteiger partial charge in [0.2, 0.25) is 0 Å². The van der Waals surface area contributed by atoms with Gasteiger partial charge < -0.3 is 15.8 Å². The topological polar surface area (TPSA) is 47.3 Å². The van der Waals surface area contributed by atoms with Gasteiger partial charge in [0, 0.05) is 12.1 Å². The molecule has 0 bridgehead atoms. The monoisotopic (exact) mass is 320 g/mol. The number of halogens is 5. The Morgan fingerprint density at radius 2 is 1.81 bits per heavy atom. The van der Waals surface area contributed by atoms with Crippen LogP contribution in [0.15, 0.2) is 30.3 Å². The van der Waals surface area contributed by atoms with Gasteiger partial charge in [-0.05, 0) is 18.2 Å². The first-order valence-electron chi connectivity index (χ1n) is 5.62. The summed E-state index contributed by atoms with van der Waals surface area (Å²) in [4.78, 5) is 0. The van der Waals surface area contributed by atoms with Crippen molar-refractivity contribution in [3.05, 3.63) is 47.0 Å². The number of ether oxygens (including phenoxy) is 1. The number of hydrogen-bond acceptors (Lipinski definition) is 3. The number of rotatable bonds is 4. The summed E-state index contributed by atoms with van der Waals surface area (Å²) in [7, 11) is 0. The third kappa shape index (κ3) is 3.69. The van der Waals surface area contributed by atoms with Crippen molar-refractivity contribution < 1.29 is 22.3 Å². The van der Waals surface area contributed by atoms with E-state index < -0.39 is 24.0 Å². The Hall–Kier alpha value is -2.15. The lowest BCUT2D eigenvalue weighted by atomic mass is 10.2. The lowest BCUT2D eigenvalue weighted by Crippen LogP contribution is -2.06. The van der Waals surface area contributed by atoms with Gasteiger partial charge in [-0.1, -0.05) is 11.6 Å². The lowest BCUT2D eigenvalue weighted by Gasteiger charge is -2.13. The first kappa shape index (κ1) is 15.2. The van der Waals surface area contributed by atoms with Gasteiger partial charge in [-0.3, -0.25) is 0 Å². The Kier molecular flexibility index (Phi) is 4.42. The normalized spacial score (nSPS) is 10.8. The van der Waals surface area contributed by atoms with Gasteiger partial charge in [0.15, 0.2) is 11.6 Å². The molecule has 0 heterocycles. The van der Waals surface area contributed by atoms with Crippen molar-refractivity contribution in [2.24, 2.45) is 0 Å². The molecule has 112 valence electrons. The van der Waals surface area contributed by atoms with Crippen LogP contribution in [0.5, 0.6) is 5.75 Å². The van der Waals surface area contributed by atoms with Gasteiger partial charge in [0.1, 0.15) is 5.82 Å². The molecule has 21 heavy (non-hydrogen) atoms. The third-order valence-electron chi connectivity index (χ3n) is 2.52. The van der Waals surface area contributed by atoms with E-state index in [0.29, 0.717) is 0 Å². The molecule has 0 radical (unpaired) electrons. The zero-order valence-corrected chi connectivity index (χ0v) is 11.1. The lowest BCUT2D eigenvalue weighted by molar-refractivity contribution is -0.0521. The van der Waals surface area contributed by atoms with Crippen LogP contribution in [0, 0.1) is 11.6 Å². The van der Waals surface area contributed by atoms with Crippen molar-refractivity contribution in [2.45, 2.75) is 6.61 Å². The average Bonchev–Trinajstić information content (AvgIpc) is 2.39. The van der Waals surface area contributed by atoms with Gasteiger partial charge >= 0.3 is 6.61 Å². The standard InChI is InChI=1S/C13H9ClF4N2O/c14-7-2-1-6(15)3-10(7)20-11-5-12(21-13(17)18)8(16)4-9(11)19/h1-5,13,20H,19H2. The highest BCUT2D eigenvalue weighted by Crippen LogP contribution is 2.33. The molecule has 0 saturated heterocycles. The van der Waals surface area contributed by atoms with Crippen molar-refractivity contribution in [1.29, 1.82) is 0 Å². The fraction of sp³-hybridized carbons (Fsp3) is 0.0769. The minimum absolute atomic E-state index is 0.0551. The second-order valence-corrected chi connectivity index (χ2v) is 4.40. The van der Waals surface area contributed by atoms with Crippen LogP contribution in [0.25, 0.3) is 0 Å². The van der Waals surface area contributed by atoms with E-state index in [0.717, 1.165) is 24.3 Å². The SMILES string of the molecule is Nc1cc(F)c(OC(F)F)cc1Nc1cc(F)ccc1Cl. The summed E-state index contributed by atoms with van der Waals surface area (Å²) in [6.07, 6.45) is 0. The van der Waals surface area contributed by atoms with E-state index in [1.54, 1.807) is 0 Å². The van der Waals surface area contributed by atoms with Gasteiger partial charge in [0.25, 0.3) is 0 Å². The molecule has 0 unspecified atom stereocenters. The molecule has 0 aliphatic carbocycles. The number of alkyl halides is 2. The molecule has 2 aromatic carbocycles. The Balaban J connectivity index is 2.37. The molecule has 0 fully saturated rings. The molecule has 0 spiro atoms. The van der Waals surface area contributed by atoms with Gasteiger partial charge in [-0.2, -0.15) is 8.78 Å². The number of hydrogen-bond donors (Lipinski definition) is 2. The van der Waals surface area contributed by atoms with Crippen LogP contribution in [0.2, 0.25) is 5.02 Å². The summed E-state index contributed by atoms with van der Waals surface area (Å²) in [6, 6.07) is 5.28. The van der Waals surface area contributed by atoms with Gasteiger partial charge in [-0.15, -0.1) is 0 Å². The molecule has 3 nitrogen and oxygen atoms in total. The maximum absolute atomic E-state index is 13.4. The van der Waals surface area contributed by atoms with E-state index in [1.165, 1.54) is 6.07 Å². The van der Waals surface area contributed by atoms with Gasteiger partial charge in [-0.25, -0.2) is 8.78 Å². The highest BCUT2D eigenvalue weighted by molar-refractivity contribution is 6.33. The zero-order chi connectivity index (χ0) is 15.6. The molecule has 0 aromatic heterocycles. The number of nitrogens with one attached hydrogen (secondary N) is 1.